The van der Waals surface area contributed by atoms with Crippen molar-refractivity contribution in [3.05, 3.63) is 71.8 Å². The molecule has 1 fully saturated rings. The smallest absolute Gasteiger partial charge is 0.219 e. The molecule has 3 heterocycles. The van der Waals surface area contributed by atoms with Gasteiger partial charge in [0.1, 0.15) is 0 Å². The van der Waals surface area contributed by atoms with Crippen LogP contribution in [0.2, 0.25) is 0 Å². The van der Waals surface area contributed by atoms with Crippen LogP contribution in [0.3, 0.4) is 0 Å². The van der Waals surface area contributed by atoms with Gasteiger partial charge in [0.05, 0.1) is 18.9 Å². The van der Waals surface area contributed by atoms with Crippen molar-refractivity contribution < 1.29 is 14.3 Å². The number of piperidine rings is 1. The quantitative estimate of drug-likeness (QED) is 0.577. The lowest BCUT2D eigenvalue weighted by Gasteiger charge is -2.51. The first-order valence-electron chi connectivity index (χ1n) is 11.6. The number of likely N-dealkylation sites (tertiary alicyclic amines) is 1. The molecule has 3 aliphatic rings. The predicted molar refractivity (Wildman–Crippen MR) is 128 cm³/mol. The van der Waals surface area contributed by atoms with E-state index >= 15 is 0 Å². The van der Waals surface area contributed by atoms with E-state index in [1.54, 1.807) is 14.0 Å². The topological polar surface area (TPSA) is 54.4 Å². The van der Waals surface area contributed by atoms with Crippen LogP contribution in [-0.2, 0) is 4.79 Å². The Kier molecular flexibility index (Phi) is 4.57. The summed E-state index contributed by atoms with van der Waals surface area (Å²) >= 11 is 0. The van der Waals surface area contributed by atoms with Crippen molar-refractivity contribution in [2.75, 3.05) is 20.2 Å². The third-order valence-corrected chi connectivity index (χ3v) is 7.28. The summed E-state index contributed by atoms with van der Waals surface area (Å²) in [7, 11) is 1.68. The number of methoxy groups -OCH3 is 1. The molecule has 3 aliphatic heterocycles. The highest BCUT2D eigenvalue weighted by Crippen LogP contribution is 2.52. The number of amides is 1. The normalized spacial score (nSPS) is 20.8. The molecule has 6 rings (SSSR count). The van der Waals surface area contributed by atoms with E-state index in [1.807, 2.05) is 17.0 Å². The van der Waals surface area contributed by atoms with Crippen molar-refractivity contribution in [1.29, 1.82) is 0 Å². The summed E-state index contributed by atoms with van der Waals surface area (Å²) in [5, 5.41) is 9.79. The highest BCUT2D eigenvalue weighted by molar-refractivity contribution is 6.04. The fourth-order valence-electron chi connectivity index (χ4n) is 5.48. The zero-order valence-corrected chi connectivity index (χ0v) is 19.0. The summed E-state index contributed by atoms with van der Waals surface area (Å²) < 4.78 is 12.4. The molecule has 0 N–H and O–H groups in total. The van der Waals surface area contributed by atoms with Crippen molar-refractivity contribution in [2.45, 2.75) is 38.0 Å². The van der Waals surface area contributed by atoms with Crippen LogP contribution in [0.4, 0.5) is 0 Å². The molecular weight excluding hydrogens is 414 g/mol. The third-order valence-electron chi connectivity index (χ3n) is 7.28. The van der Waals surface area contributed by atoms with Gasteiger partial charge in [0.15, 0.2) is 11.5 Å². The lowest BCUT2D eigenvalue weighted by Crippen LogP contribution is -2.59. The van der Waals surface area contributed by atoms with E-state index < -0.39 is 5.72 Å². The summed E-state index contributed by atoms with van der Waals surface area (Å²) in [6.07, 6.45) is 2.21. The maximum absolute atomic E-state index is 12.0. The minimum atomic E-state index is -0.586. The molecular formula is C27H27N3O3. The second kappa shape index (κ2) is 7.51. The third kappa shape index (κ3) is 3.16. The van der Waals surface area contributed by atoms with Gasteiger partial charge in [0.25, 0.3) is 0 Å². The zero-order chi connectivity index (χ0) is 22.6. The van der Waals surface area contributed by atoms with Gasteiger partial charge in [-0.25, -0.2) is 5.01 Å². The summed E-state index contributed by atoms with van der Waals surface area (Å²) in [5.74, 6) is 1.67. The van der Waals surface area contributed by atoms with Crippen LogP contribution < -0.4 is 9.47 Å². The average molecular weight is 442 g/mol. The Morgan fingerprint density at radius 1 is 1.06 bits per heavy atom. The van der Waals surface area contributed by atoms with Crippen molar-refractivity contribution in [3.63, 3.8) is 0 Å². The van der Waals surface area contributed by atoms with Crippen LogP contribution in [0.1, 0.15) is 43.4 Å². The molecule has 6 heteroatoms. The minimum Gasteiger partial charge on any atom is -0.493 e. The van der Waals surface area contributed by atoms with Crippen molar-refractivity contribution in [2.24, 2.45) is 5.10 Å². The van der Waals surface area contributed by atoms with Crippen LogP contribution in [0.5, 0.6) is 11.5 Å². The van der Waals surface area contributed by atoms with E-state index in [1.165, 1.54) is 10.8 Å². The zero-order valence-electron chi connectivity index (χ0n) is 19.0. The first-order valence-corrected chi connectivity index (χ1v) is 11.6. The Balaban J connectivity index is 1.43. The van der Waals surface area contributed by atoms with E-state index in [9.17, 15) is 4.79 Å². The highest BCUT2D eigenvalue weighted by atomic mass is 16.5. The lowest BCUT2D eigenvalue weighted by molar-refractivity contribution is -0.159. The Hall–Kier alpha value is -3.54. The number of benzene rings is 3. The number of hydrogen-bond donors (Lipinski definition) is 0. The lowest BCUT2D eigenvalue weighted by atomic mass is 9.90. The van der Waals surface area contributed by atoms with E-state index in [4.69, 9.17) is 14.6 Å². The summed E-state index contributed by atoms with van der Waals surface area (Å²) in [6.45, 7) is 2.94. The number of nitrogens with zero attached hydrogens (tertiary/aromatic N) is 3. The molecule has 0 aromatic heterocycles. The molecule has 168 valence electrons. The van der Waals surface area contributed by atoms with Crippen LogP contribution in [0, 0.1) is 0 Å². The average Bonchev–Trinajstić information content (AvgIpc) is 3.31. The molecule has 0 radical (unpaired) electrons. The van der Waals surface area contributed by atoms with Crippen LogP contribution in [-0.4, -0.2) is 47.5 Å². The monoisotopic (exact) mass is 441 g/mol. The highest BCUT2D eigenvalue weighted by Gasteiger charge is 2.52. The Bertz CT molecular complexity index is 1280. The number of carbonyl (C=O) groups excluding carboxylic acids is 1. The van der Waals surface area contributed by atoms with Gasteiger partial charge in [-0.05, 0) is 28.5 Å². The molecule has 3 aromatic rings. The Morgan fingerprint density at radius 3 is 2.61 bits per heavy atom. The van der Waals surface area contributed by atoms with Crippen molar-refractivity contribution >= 4 is 22.4 Å². The van der Waals surface area contributed by atoms with Gasteiger partial charge in [-0.3, -0.25) is 4.79 Å². The maximum atomic E-state index is 12.0. The summed E-state index contributed by atoms with van der Waals surface area (Å²) in [5.41, 5.74) is 2.73. The number of rotatable bonds is 2. The fraction of sp³-hybridized carbons (Fsp3) is 0.333. The van der Waals surface area contributed by atoms with Crippen LogP contribution >= 0.6 is 0 Å². The van der Waals surface area contributed by atoms with Crippen LogP contribution in [0.15, 0.2) is 65.8 Å². The largest absolute Gasteiger partial charge is 0.493 e. The Labute approximate surface area is 193 Å². The van der Waals surface area contributed by atoms with E-state index in [-0.39, 0.29) is 11.9 Å². The molecule has 33 heavy (non-hydrogen) atoms. The minimum absolute atomic E-state index is 0.0780. The molecule has 0 unspecified atom stereocenters. The van der Waals surface area contributed by atoms with Gasteiger partial charge in [0, 0.05) is 44.8 Å². The van der Waals surface area contributed by atoms with E-state index in [0.29, 0.717) is 25.9 Å². The van der Waals surface area contributed by atoms with Gasteiger partial charge in [-0.15, -0.1) is 0 Å². The molecule has 6 nitrogen and oxygen atoms in total. The number of carbonyl (C=O) groups is 1. The molecule has 1 atom stereocenters. The molecule has 3 aromatic carbocycles. The second-order valence-corrected chi connectivity index (χ2v) is 9.11. The standard InChI is InChI=1S/C27H27N3O3/c1-18(31)29-14-12-27(13-15-29)30-24(22-8-5-9-25(32-2)26(22)33-27)17-23(28-30)21-11-10-19-6-3-4-7-20(19)16-21/h3-11,16,24H,12-15,17H2,1-2H3/t24-/m0/s1. The predicted octanol–water partition coefficient (Wildman–Crippen LogP) is 4.73. The summed E-state index contributed by atoms with van der Waals surface area (Å²) in [4.78, 5) is 13.9. The van der Waals surface area contributed by atoms with Gasteiger partial charge in [0.2, 0.25) is 11.6 Å². The van der Waals surface area contributed by atoms with Gasteiger partial charge >= 0.3 is 0 Å². The first kappa shape index (κ1) is 20.1. The molecule has 0 saturated carbocycles. The molecule has 0 bridgehead atoms. The number of hydrogen-bond acceptors (Lipinski definition) is 5. The van der Waals surface area contributed by atoms with Crippen molar-refractivity contribution in [3.8, 4) is 11.5 Å². The summed E-state index contributed by atoms with van der Waals surface area (Å²) in [6, 6.07) is 21.1. The number of hydrazone groups is 1. The number of fused-ring (bicyclic) bond motifs is 5. The Morgan fingerprint density at radius 2 is 1.85 bits per heavy atom. The second-order valence-electron chi connectivity index (χ2n) is 9.11. The molecule has 1 spiro atoms. The fourth-order valence-corrected chi connectivity index (χ4v) is 5.48. The van der Waals surface area contributed by atoms with E-state index in [2.05, 4.69) is 53.5 Å². The first-order chi connectivity index (χ1) is 16.1. The van der Waals surface area contributed by atoms with E-state index in [0.717, 1.165) is 34.8 Å². The molecule has 1 amide bonds. The van der Waals surface area contributed by atoms with Gasteiger partial charge in [-0.2, -0.15) is 5.10 Å². The molecule has 1 saturated heterocycles. The van der Waals surface area contributed by atoms with Crippen molar-refractivity contribution in [1.82, 2.24) is 9.91 Å². The van der Waals surface area contributed by atoms with Gasteiger partial charge in [-0.1, -0.05) is 48.5 Å². The number of para-hydroxylation sites is 1. The van der Waals surface area contributed by atoms with Gasteiger partial charge < -0.3 is 14.4 Å². The maximum Gasteiger partial charge on any atom is 0.219 e. The SMILES string of the molecule is COc1cccc2c1OC1(CCN(C(C)=O)CC1)N1N=C(c3ccc4ccccc4c3)C[C@@H]21. The molecule has 0 aliphatic carbocycles. The number of ether oxygens (including phenoxy) is 2. The van der Waals surface area contributed by atoms with Crippen LogP contribution in [0.25, 0.3) is 10.8 Å².